The molecule has 5 heteroatoms. The molecule has 1 fully saturated rings. The number of esters is 1. The Morgan fingerprint density at radius 2 is 1.90 bits per heavy atom. The van der Waals surface area contributed by atoms with Gasteiger partial charge in [-0.1, -0.05) is 6.42 Å². The normalized spacial score (nSPS) is 16.9. The van der Waals surface area contributed by atoms with Gasteiger partial charge in [0.1, 0.15) is 0 Å². The van der Waals surface area contributed by atoms with Crippen LogP contribution in [0.1, 0.15) is 45.4 Å². The molecule has 0 saturated carbocycles. The lowest BCUT2D eigenvalue weighted by atomic mass is 9.96. The zero-order valence-electron chi connectivity index (χ0n) is 12.8. The summed E-state index contributed by atoms with van der Waals surface area (Å²) in [4.78, 5) is 25.1. The van der Waals surface area contributed by atoms with E-state index >= 15 is 0 Å². The van der Waals surface area contributed by atoms with E-state index in [1.165, 1.54) is 0 Å². The van der Waals surface area contributed by atoms with Crippen molar-refractivity contribution in [3.63, 3.8) is 0 Å². The van der Waals surface area contributed by atoms with E-state index in [-0.39, 0.29) is 17.8 Å². The van der Waals surface area contributed by atoms with Crippen LogP contribution >= 0.6 is 0 Å². The number of hydrogen-bond donors (Lipinski definition) is 1. The van der Waals surface area contributed by atoms with Crippen LogP contribution in [-0.4, -0.2) is 50.1 Å². The highest BCUT2D eigenvalue weighted by atomic mass is 16.5. The van der Waals surface area contributed by atoms with Crippen molar-refractivity contribution in [2.45, 2.75) is 45.4 Å². The van der Waals surface area contributed by atoms with E-state index in [1.54, 1.807) is 7.05 Å². The molecule has 0 aromatic rings. The van der Waals surface area contributed by atoms with Crippen LogP contribution < -0.4 is 5.32 Å². The summed E-state index contributed by atoms with van der Waals surface area (Å²) in [7, 11) is 1.71. The smallest absolute Gasteiger partial charge is 0.305 e. The number of carbonyl (C=O) groups excluding carboxylic acids is 2. The summed E-state index contributed by atoms with van der Waals surface area (Å²) in [5.41, 5.74) is 0. The predicted molar refractivity (Wildman–Crippen MR) is 78.3 cm³/mol. The molecule has 0 aliphatic carbocycles. The van der Waals surface area contributed by atoms with Gasteiger partial charge in [0.2, 0.25) is 5.91 Å². The summed E-state index contributed by atoms with van der Waals surface area (Å²) in [6.07, 6.45) is 5.54. The van der Waals surface area contributed by atoms with Gasteiger partial charge in [-0.25, -0.2) is 0 Å². The van der Waals surface area contributed by atoms with Crippen molar-refractivity contribution in [2.24, 2.45) is 5.92 Å². The molecule has 1 amide bonds. The summed E-state index contributed by atoms with van der Waals surface area (Å²) in [6.45, 7) is 5.40. The molecular weight excluding hydrogens is 256 g/mol. The Morgan fingerprint density at radius 1 is 1.20 bits per heavy atom. The molecule has 0 aromatic heterocycles. The fourth-order valence-corrected chi connectivity index (χ4v) is 2.64. The molecule has 0 radical (unpaired) electrons. The first kappa shape index (κ1) is 17.0. The minimum absolute atomic E-state index is 0.0844. The van der Waals surface area contributed by atoms with E-state index in [4.69, 9.17) is 4.74 Å². The Kier molecular flexibility index (Phi) is 8.26. The molecule has 0 unspecified atom stereocenters. The number of ether oxygens (including phenoxy) is 1. The fourth-order valence-electron chi connectivity index (χ4n) is 2.64. The highest BCUT2D eigenvalue weighted by Crippen LogP contribution is 2.17. The first-order chi connectivity index (χ1) is 9.67. The van der Waals surface area contributed by atoms with Crippen molar-refractivity contribution in [3.8, 4) is 0 Å². The van der Waals surface area contributed by atoms with Crippen LogP contribution in [0.2, 0.25) is 0 Å². The van der Waals surface area contributed by atoms with Gasteiger partial charge in [0.15, 0.2) is 0 Å². The number of unbranched alkanes of at least 4 members (excludes halogenated alkanes) is 2. The van der Waals surface area contributed by atoms with Crippen LogP contribution in [0.15, 0.2) is 0 Å². The first-order valence-electron chi connectivity index (χ1n) is 7.77. The molecule has 0 atom stereocenters. The van der Waals surface area contributed by atoms with Crippen LogP contribution in [0.25, 0.3) is 0 Å². The third-order valence-corrected chi connectivity index (χ3v) is 3.87. The largest absolute Gasteiger partial charge is 0.466 e. The summed E-state index contributed by atoms with van der Waals surface area (Å²) < 4.78 is 4.90. The molecule has 1 rings (SSSR count). The maximum atomic E-state index is 11.5. The van der Waals surface area contributed by atoms with Crippen molar-refractivity contribution < 1.29 is 14.3 Å². The third-order valence-electron chi connectivity index (χ3n) is 3.87. The number of nitrogens with zero attached hydrogens (tertiary/aromatic N) is 1. The Bertz CT molecular complexity index is 299. The van der Waals surface area contributed by atoms with Gasteiger partial charge in [0.05, 0.1) is 6.61 Å². The van der Waals surface area contributed by atoms with Gasteiger partial charge in [-0.3, -0.25) is 9.59 Å². The van der Waals surface area contributed by atoms with E-state index < -0.39 is 0 Å². The number of carbonyl (C=O) groups is 2. The third kappa shape index (κ3) is 6.37. The number of nitrogens with one attached hydrogen (secondary N) is 1. The maximum Gasteiger partial charge on any atom is 0.305 e. The van der Waals surface area contributed by atoms with Gasteiger partial charge >= 0.3 is 5.97 Å². The van der Waals surface area contributed by atoms with Crippen LogP contribution in [0, 0.1) is 5.92 Å². The number of piperidine rings is 1. The molecule has 116 valence electrons. The summed E-state index contributed by atoms with van der Waals surface area (Å²) in [5, 5.41) is 2.73. The lowest BCUT2D eigenvalue weighted by Gasteiger charge is -2.30. The van der Waals surface area contributed by atoms with Crippen LogP contribution in [-0.2, 0) is 14.3 Å². The van der Waals surface area contributed by atoms with Gasteiger partial charge in [0.25, 0.3) is 0 Å². The van der Waals surface area contributed by atoms with Crippen molar-refractivity contribution in [1.29, 1.82) is 0 Å². The molecule has 1 heterocycles. The fraction of sp³-hybridized carbons (Fsp3) is 0.867. The van der Waals surface area contributed by atoms with Crippen molar-refractivity contribution in [3.05, 3.63) is 0 Å². The minimum Gasteiger partial charge on any atom is -0.466 e. The number of rotatable bonds is 8. The molecule has 0 aromatic carbocycles. The van der Waals surface area contributed by atoms with Gasteiger partial charge in [0, 0.05) is 19.4 Å². The highest BCUT2D eigenvalue weighted by Gasteiger charge is 2.23. The molecule has 0 bridgehead atoms. The highest BCUT2D eigenvalue weighted by molar-refractivity contribution is 5.78. The topological polar surface area (TPSA) is 58.6 Å². The number of hydrogen-bond acceptors (Lipinski definition) is 4. The number of likely N-dealkylation sites (tertiary alicyclic amines) is 1. The summed E-state index contributed by atoms with van der Waals surface area (Å²) >= 11 is 0. The Balaban J connectivity index is 2.02. The Labute approximate surface area is 122 Å². The maximum absolute atomic E-state index is 11.5. The SMILES string of the molecule is CCOC(=O)CCCCCN1CCC(C(=O)NC)CC1. The summed E-state index contributed by atoms with van der Waals surface area (Å²) in [6, 6.07) is 0. The second kappa shape index (κ2) is 9.75. The molecule has 5 nitrogen and oxygen atoms in total. The molecular formula is C15H28N2O3. The molecule has 1 N–H and O–H groups in total. The van der Waals surface area contributed by atoms with Crippen molar-refractivity contribution in [2.75, 3.05) is 33.3 Å². The quantitative estimate of drug-likeness (QED) is 0.543. The average Bonchev–Trinajstić information content (AvgIpc) is 2.47. The van der Waals surface area contributed by atoms with Gasteiger partial charge < -0.3 is 15.0 Å². The Hall–Kier alpha value is -1.10. The van der Waals surface area contributed by atoms with E-state index in [9.17, 15) is 9.59 Å². The molecule has 1 aliphatic heterocycles. The Morgan fingerprint density at radius 3 is 2.50 bits per heavy atom. The van der Waals surface area contributed by atoms with Gasteiger partial charge in [-0.15, -0.1) is 0 Å². The molecule has 20 heavy (non-hydrogen) atoms. The summed E-state index contributed by atoms with van der Waals surface area (Å²) in [5.74, 6) is 0.290. The van der Waals surface area contributed by atoms with E-state index in [2.05, 4.69) is 10.2 Å². The van der Waals surface area contributed by atoms with E-state index in [0.29, 0.717) is 13.0 Å². The average molecular weight is 284 g/mol. The van der Waals surface area contributed by atoms with Crippen molar-refractivity contribution in [1.82, 2.24) is 10.2 Å². The lowest BCUT2D eigenvalue weighted by Crippen LogP contribution is -2.39. The molecule has 1 aliphatic rings. The second-order valence-electron chi connectivity index (χ2n) is 5.35. The monoisotopic (exact) mass is 284 g/mol. The van der Waals surface area contributed by atoms with E-state index in [1.807, 2.05) is 6.92 Å². The second-order valence-corrected chi connectivity index (χ2v) is 5.35. The van der Waals surface area contributed by atoms with Crippen LogP contribution in [0.4, 0.5) is 0 Å². The molecule has 1 saturated heterocycles. The van der Waals surface area contributed by atoms with E-state index in [0.717, 1.165) is 51.7 Å². The van der Waals surface area contributed by atoms with Gasteiger partial charge in [-0.2, -0.15) is 0 Å². The zero-order valence-corrected chi connectivity index (χ0v) is 12.8. The zero-order chi connectivity index (χ0) is 14.8. The predicted octanol–water partition coefficient (Wildman–Crippen LogP) is 1.57. The molecule has 0 spiro atoms. The minimum atomic E-state index is -0.0844. The first-order valence-corrected chi connectivity index (χ1v) is 7.77. The van der Waals surface area contributed by atoms with Crippen LogP contribution in [0.5, 0.6) is 0 Å². The van der Waals surface area contributed by atoms with Crippen molar-refractivity contribution >= 4 is 11.9 Å². The number of amides is 1. The standard InChI is InChI=1S/C15H28N2O3/c1-3-20-14(18)7-5-4-6-10-17-11-8-13(9-12-17)15(19)16-2/h13H,3-12H2,1-2H3,(H,16,19). The van der Waals surface area contributed by atoms with Gasteiger partial charge in [-0.05, 0) is 52.2 Å². The van der Waals surface area contributed by atoms with Crippen LogP contribution in [0.3, 0.4) is 0 Å². The lowest BCUT2D eigenvalue weighted by molar-refractivity contribution is -0.143.